The van der Waals surface area contributed by atoms with E-state index < -0.39 is 11.7 Å². The first-order valence-corrected chi connectivity index (χ1v) is 11.6. The van der Waals surface area contributed by atoms with E-state index in [0.717, 1.165) is 54.6 Å². The summed E-state index contributed by atoms with van der Waals surface area (Å²) in [6.07, 6.45) is -0.795. The molecule has 0 spiro atoms. The molecule has 0 unspecified atom stereocenters. The van der Waals surface area contributed by atoms with Crippen LogP contribution >= 0.6 is 11.8 Å². The van der Waals surface area contributed by atoms with Crippen LogP contribution in [-0.2, 0) is 18.6 Å². The summed E-state index contributed by atoms with van der Waals surface area (Å²) >= 11 is 1.66. The van der Waals surface area contributed by atoms with Gasteiger partial charge in [-0.1, -0.05) is 23.9 Å². The van der Waals surface area contributed by atoms with Gasteiger partial charge in [0.25, 0.3) is 0 Å². The second kappa shape index (κ2) is 7.91. The minimum atomic E-state index is -4.28. The summed E-state index contributed by atoms with van der Waals surface area (Å²) in [7, 11) is 1.92. The van der Waals surface area contributed by atoms with Gasteiger partial charge in [0.15, 0.2) is 17.3 Å². The molecule has 1 saturated heterocycles. The summed E-state index contributed by atoms with van der Waals surface area (Å²) in [6.45, 7) is 4.79. The lowest BCUT2D eigenvalue weighted by molar-refractivity contribution is -0.137. The second-order valence-electron chi connectivity index (χ2n) is 8.70. The molecule has 1 saturated carbocycles. The van der Waals surface area contributed by atoms with Gasteiger partial charge in [-0.3, -0.25) is 0 Å². The summed E-state index contributed by atoms with van der Waals surface area (Å²) in [5.74, 6) is 2.77. The van der Waals surface area contributed by atoms with E-state index in [0.29, 0.717) is 17.5 Å². The lowest BCUT2D eigenvalue weighted by atomic mass is 9.94. The Kier molecular flexibility index (Phi) is 5.32. The van der Waals surface area contributed by atoms with Gasteiger partial charge in [-0.25, -0.2) is 4.98 Å². The van der Waals surface area contributed by atoms with E-state index >= 15 is 0 Å². The molecule has 1 aromatic carbocycles. The zero-order valence-electron chi connectivity index (χ0n) is 17.9. The van der Waals surface area contributed by atoms with Crippen LogP contribution in [0.2, 0.25) is 0 Å². The van der Waals surface area contributed by atoms with E-state index in [1.54, 1.807) is 23.9 Å². The van der Waals surface area contributed by atoms with E-state index in [-0.39, 0.29) is 5.41 Å². The number of alkyl halides is 3. The number of hydrogen-bond donors (Lipinski definition) is 0. The molecule has 170 valence electrons. The van der Waals surface area contributed by atoms with Crippen molar-refractivity contribution in [1.29, 1.82) is 0 Å². The third-order valence-electron chi connectivity index (χ3n) is 6.64. The molecule has 0 amide bonds. The quantitative estimate of drug-likeness (QED) is 0.378. The fraction of sp³-hybridized carbons (Fsp3) is 0.500. The summed E-state index contributed by atoms with van der Waals surface area (Å²) in [5.41, 5.74) is 1.30. The number of hydrogen-bond acceptors (Lipinski definition) is 6. The number of oxazole rings is 1. The number of likely N-dealkylation sites (tertiary alicyclic amines) is 1. The molecule has 0 radical (unpaired) electrons. The summed E-state index contributed by atoms with van der Waals surface area (Å²) in [5, 5.41) is 9.34. The fourth-order valence-corrected chi connectivity index (χ4v) is 5.64. The van der Waals surface area contributed by atoms with Crippen LogP contribution in [0.4, 0.5) is 13.2 Å². The first-order valence-electron chi connectivity index (χ1n) is 10.6. The Hall–Kier alpha value is -2.33. The molecule has 0 bridgehead atoms. The van der Waals surface area contributed by atoms with Gasteiger partial charge in [-0.2, -0.15) is 13.2 Å². The first kappa shape index (κ1) is 21.5. The topological polar surface area (TPSA) is 60.0 Å². The smallest absolute Gasteiger partial charge is 0.416 e. The van der Waals surface area contributed by atoms with Crippen LogP contribution < -0.4 is 0 Å². The Bertz CT molecular complexity index is 1110. The standard InChI is InChI=1S/C22H24F3N5OS/c1-14-18(31-13-26-14)19-27-28-20(29(19)2)32-9-3-8-30-11-17-10-21(17,12-30)15-4-6-16(7-5-15)22(23,24)25/h4-7,13,17H,3,8-12H2,1-2H3/t17-,21-/m0/s1. The minimum absolute atomic E-state index is 0.0463. The molecule has 2 fully saturated rings. The number of nitrogens with zero attached hydrogens (tertiary/aromatic N) is 5. The largest absolute Gasteiger partial charge is 0.440 e. The highest BCUT2D eigenvalue weighted by Gasteiger charge is 2.60. The van der Waals surface area contributed by atoms with Gasteiger partial charge in [0.05, 0.1) is 11.3 Å². The van der Waals surface area contributed by atoms with Crippen molar-refractivity contribution in [2.24, 2.45) is 13.0 Å². The number of aryl methyl sites for hydroxylation is 1. The molecule has 6 nitrogen and oxygen atoms in total. The number of thioether (sulfide) groups is 1. The van der Waals surface area contributed by atoms with Crippen LogP contribution in [0.5, 0.6) is 0 Å². The number of piperidine rings is 1. The lowest BCUT2D eigenvalue weighted by Crippen LogP contribution is -2.28. The van der Waals surface area contributed by atoms with E-state index in [1.165, 1.54) is 18.5 Å². The highest BCUT2D eigenvalue weighted by atomic mass is 32.2. The fourth-order valence-electron chi connectivity index (χ4n) is 4.80. The van der Waals surface area contributed by atoms with Gasteiger partial charge in [0.2, 0.25) is 5.82 Å². The zero-order valence-corrected chi connectivity index (χ0v) is 18.7. The van der Waals surface area contributed by atoms with Gasteiger partial charge in [0, 0.05) is 31.3 Å². The predicted molar refractivity (Wildman–Crippen MR) is 114 cm³/mol. The molecular weight excluding hydrogens is 439 g/mol. The average molecular weight is 464 g/mol. The molecule has 5 rings (SSSR count). The molecule has 1 aliphatic heterocycles. The van der Waals surface area contributed by atoms with Crippen LogP contribution in [0.1, 0.15) is 29.7 Å². The van der Waals surface area contributed by atoms with Gasteiger partial charge >= 0.3 is 6.18 Å². The number of halogens is 3. The lowest BCUT2D eigenvalue weighted by Gasteiger charge is -2.21. The van der Waals surface area contributed by atoms with Crippen molar-refractivity contribution in [2.75, 3.05) is 25.4 Å². The van der Waals surface area contributed by atoms with Crippen molar-refractivity contribution in [3.63, 3.8) is 0 Å². The average Bonchev–Trinajstić information content (AvgIpc) is 3.05. The molecule has 3 heterocycles. The molecule has 3 aromatic rings. The number of rotatable bonds is 7. The Balaban J connectivity index is 1.12. The van der Waals surface area contributed by atoms with Gasteiger partial charge < -0.3 is 13.9 Å². The monoisotopic (exact) mass is 463 g/mol. The Morgan fingerprint density at radius 2 is 2.00 bits per heavy atom. The highest BCUT2D eigenvalue weighted by molar-refractivity contribution is 7.99. The van der Waals surface area contributed by atoms with Gasteiger partial charge in [-0.15, -0.1) is 10.2 Å². The van der Waals surface area contributed by atoms with E-state index in [9.17, 15) is 13.2 Å². The third-order valence-corrected chi connectivity index (χ3v) is 7.74. The Labute approximate surface area is 188 Å². The van der Waals surface area contributed by atoms with Crippen LogP contribution in [0, 0.1) is 12.8 Å². The number of fused-ring (bicyclic) bond motifs is 1. The normalized spacial score (nSPS) is 23.0. The second-order valence-corrected chi connectivity index (χ2v) is 9.76. The van der Waals surface area contributed by atoms with Gasteiger partial charge in [0.1, 0.15) is 0 Å². The van der Waals surface area contributed by atoms with Crippen molar-refractivity contribution in [3.05, 3.63) is 47.5 Å². The number of aromatic nitrogens is 4. The SMILES string of the molecule is Cc1ncoc1-c1nnc(SCCCN2C[C@@H]3C[C@@]3(c3ccc(C(F)(F)F)cc3)C2)n1C. The zero-order chi connectivity index (χ0) is 22.5. The van der Waals surface area contributed by atoms with Crippen molar-refractivity contribution in [3.8, 4) is 11.6 Å². The molecule has 0 N–H and O–H groups in total. The molecule has 2 aliphatic rings. The maximum absolute atomic E-state index is 12.8. The van der Waals surface area contributed by atoms with Crippen LogP contribution in [-0.4, -0.2) is 50.0 Å². The molecule has 1 aliphatic carbocycles. The van der Waals surface area contributed by atoms with Crippen LogP contribution in [0.15, 0.2) is 40.2 Å². The minimum Gasteiger partial charge on any atom is -0.440 e. The van der Waals surface area contributed by atoms with Crippen molar-refractivity contribution in [1.82, 2.24) is 24.6 Å². The van der Waals surface area contributed by atoms with Crippen molar-refractivity contribution < 1.29 is 17.6 Å². The predicted octanol–water partition coefficient (Wildman–Crippen LogP) is 4.55. The Morgan fingerprint density at radius 3 is 2.69 bits per heavy atom. The van der Waals surface area contributed by atoms with E-state index in [2.05, 4.69) is 20.1 Å². The molecule has 10 heteroatoms. The summed E-state index contributed by atoms with van der Waals surface area (Å²) in [4.78, 5) is 6.54. The first-order chi connectivity index (χ1) is 15.3. The maximum atomic E-state index is 12.8. The molecule has 2 aromatic heterocycles. The Morgan fingerprint density at radius 1 is 1.22 bits per heavy atom. The number of benzene rings is 1. The molecular formula is C22H24F3N5OS. The third kappa shape index (κ3) is 3.83. The molecule has 32 heavy (non-hydrogen) atoms. The summed E-state index contributed by atoms with van der Waals surface area (Å²) < 4.78 is 45.9. The van der Waals surface area contributed by atoms with E-state index in [1.807, 2.05) is 18.5 Å². The maximum Gasteiger partial charge on any atom is 0.416 e. The summed E-state index contributed by atoms with van der Waals surface area (Å²) in [6, 6.07) is 5.77. The van der Waals surface area contributed by atoms with Crippen LogP contribution in [0.3, 0.4) is 0 Å². The van der Waals surface area contributed by atoms with Gasteiger partial charge in [-0.05, 0) is 49.9 Å². The molecule has 2 atom stereocenters. The van der Waals surface area contributed by atoms with E-state index in [4.69, 9.17) is 4.42 Å². The highest BCUT2D eigenvalue weighted by Crippen LogP contribution is 2.59. The van der Waals surface area contributed by atoms with Crippen LogP contribution in [0.25, 0.3) is 11.6 Å². The van der Waals surface area contributed by atoms with Crippen molar-refractivity contribution in [2.45, 2.75) is 36.5 Å². The van der Waals surface area contributed by atoms with Crippen molar-refractivity contribution >= 4 is 11.8 Å².